The lowest BCUT2D eigenvalue weighted by Gasteiger charge is -2.54. The Morgan fingerprint density at radius 3 is 1.86 bits per heavy atom. The predicted molar refractivity (Wildman–Crippen MR) is 61.7 cm³/mol. The summed E-state index contributed by atoms with van der Waals surface area (Å²) in [6, 6.07) is 0. The molecule has 0 radical (unpaired) electrons. The van der Waals surface area contributed by atoms with Gasteiger partial charge in [-0.15, -0.1) is 12.4 Å². The van der Waals surface area contributed by atoms with Crippen LogP contribution in [0.5, 0.6) is 0 Å². The average molecular weight is 216 g/mol. The zero-order valence-electron chi connectivity index (χ0n) is 9.04. The van der Waals surface area contributed by atoms with E-state index >= 15 is 0 Å². The quantitative estimate of drug-likeness (QED) is 0.747. The van der Waals surface area contributed by atoms with E-state index in [-0.39, 0.29) is 12.4 Å². The molecule has 0 atom stereocenters. The number of rotatable bonds is 2. The highest BCUT2D eigenvalue weighted by Crippen LogP contribution is 2.56. The Bertz CT molecular complexity index is 176. The van der Waals surface area contributed by atoms with Crippen LogP contribution in [-0.2, 0) is 0 Å². The summed E-state index contributed by atoms with van der Waals surface area (Å²) in [4.78, 5) is 0. The van der Waals surface area contributed by atoms with Gasteiger partial charge in [-0.1, -0.05) is 0 Å². The smallest absolute Gasteiger partial charge is 0.00182 e. The van der Waals surface area contributed by atoms with Crippen molar-refractivity contribution in [2.45, 2.75) is 32.1 Å². The molecular weight excluding hydrogens is 194 g/mol. The van der Waals surface area contributed by atoms with Crippen molar-refractivity contribution in [3.05, 3.63) is 0 Å². The molecule has 0 aromatic heterocycles. The highest BCUT2D eigenvalue weighted by atomic mass is 35.5. The molecule has 0 aliphatic heterocycles. The molecule has 0 aromatic carbocycles. The summed E-state index contributed by atoms with van der Waals surface area (Å²) in [6.07, 6.45) is 7.86. The molecule has 4 aliphatic carbocycles. The number of hydrogen-bond donors (Lipinski definition) is 1. The van der Waals surface area contributed by atoms with Crippen molar-refractivity contribution >= 4 is 12.4 Å². The summed E-state index contributed by atoms with van der Waals surface area (Å²) in [7, 11) is 2.12. The minimum Gasteiger partial charge on any atom is -0.319 e. The van der Waals surface area contributed by atoms with Crippen LogP contribution in [0.4, 0.5) is 0 Å². The van der Waals surface area contributed by atoms with E-state index in [2.05, 4.69) is 12.4 Å². The van der Waals surface area contributed by atoms with Crippen molar-refractivity contribution in [3.63, 3.8) is 0 Å². The second kappa shape index (κ2) is 4.02. The van der Waals surface area contributed by atoms with Crippen LogP contribution in [-0.4, -0.2) is 13.6 Å². The Morgan fingerprint density at radius 1 is 0.929 bits per heavy atom. The van der Waals surface area contributed by atoms with E-state index in [9.17, 15) is 0 Å². The molecule has 0 spiro atoms. The Labute approximate surface area is 93.4 Å². The first-order chi connectivity index (χ1) is 6.36. The van der Waals surface area contributed by atoms with Gasteiger partial charge in [-0.3, -0.25) is 0 Å². The summed E-state index contributed by atoms with van der Waals surface area (Å²) < 4.78 is 0. The Hall–Kier alpha value is 0.250. The van der Waals surface area contributed by atoms with Crippen molar-refractivity contribution in [3.8, 4) is 0 Å². The van der Waals surface area contributed by atoms with Gasteiger partial charge in [0.2, 0.25) is 0 Å². The normalized spacial score (nSPS) is 49.1. The maximum atomic E-state index is 3.40. The largest absolute Gasteiger partial charge is 0.319 e. The van der Waals surface area contributed by atoms with Gasteiger partial charge in [0, 0.05) is 0 Å². The van der Waals surface area contributed by atoms with E-state index in [1.807, 2.05) is 0 Å². The van der Waals surface area contributed by atoms with Gasteiger partial charge in [-0.25, -0.2) is 0 Å². The summed E-state index contributed by atoms with van der Waals surface area (Å²) in [5, 5.41) is 3.40. The molecule has 4 bridgehead atoms. The lowest BCUT2D eigenvalue weighted by Crippen LogP contribution is -2.47. The topological polar surface area (TPSA) is 12.0 Å². The minimum absolute atomic E-state index is 0. The third kappa shape index (κ3) is 1.59. The SMILES string of the molecule is CNCC1C2CC3CC(C2)CC1C3.Cl. The number of hydrogen-bond acceptors (Lipinski definition) is 1. The van der Waals surface area contributed by atoms with Gasteiger partial charge in [0.15, 0.2) is 0 Å². The first kappa shape index (κ1) is 10.8. The van der Waals surface area contributed by atoms with Gasteiger partial charge in [0.25, 0.3) is 0 Å². The van der Waals surface area contributed by atoms with Crippen LogP contribution in [0.1, 0.15) is 32.1 Å². The van der Waals surface area contributed by atoms with Crippen LogP contribution in [0, 0.1) is 29.6 Å². The molecule has 4 rings (SSSR count). The van der Waals surface area contributed by atoms with E-state index in [1.54, 1.807) is 32.1 Å². The molecule has 1 nitrogen and oxygen atoms in total. The fourth-order valence-corrected chi connectivity index (χ4v) is 4.61. The fourth-order valence-electron chi connectivity index (χ4n) is 4.61. The van der Waals surface area contributed by atoms with Crippen molar-refractivity contribution in [1.82, 2.24) is 5.32 Å². The fraction of sp³-hybridized carbons (Fsp3) is 1.00. The molecule has 0 saturated heterocycles. The van der Waals surface area contributed by atoms with Crippen LogP contribution < -0.4 is 5.32 Å². The van der Waals surface area contributed by atoms with Gasteiger partial charge < -0.3 is 5.32 Å². The molecule has 0 heterocycles. The second-order valence-electron chi connectivity index (χ2n) is 5.65. The van der Waals surface area contributed by atoms with Crippen molar-refractivity contribution < 1.29 is 0 Å². The third-order valence-corrected chi connectivity index (χ3v) is 4.86. The van der Waals surface area contributed by atoms with Crippen LogP contribution in [0.2, 0.25) is 0 Å². The zero-order valence-corrected chi connectivity index (χ0v) is 9.85. The summed E-state index contributed by atoms with van der Waals surface area (Å²) >= 11 is 0. The van der Waals surface area contributed by atoms with Gasteiger partial charge in [-0.05, 0) is 75.3 Å². The predicted octanol–water partition coefficient (Wildman–Crippen LogP) is 2.70. The molecule has 4 aliphatic rings. The van der Waals surface area contributed by atoms with Crippen molar-refractivity contribution in [1.29, 1.82) is 0 Å². The van der Waals surface area contributed by atoms with E-state index in [1.165, 1.54) is 6.54 Å². The molecule has 82 valence electrons. The summed E-state index contributed by atoms with van der Waals surface area (Å²) in [6.45, 7) is 1.29. The van der Waals surface area contributed by atoms with Crippen LogP contribution >= 0.6 is 12.4 Å². The van der Waals surface area contributed by atoms with E-state index in [0.29, 0.717) is 0 Å². The summed E-state index contributed by atoms with van der Waals surface area (Å²) in [5.74, 6) is 5.51. The van der Waals surface area contributed by atoms with E-state index in [4.69, 9.17) is 0 Å². The lowest BCUT2D eigenvalue weighted by molar-refractivity contribution is -0.0347. The Kier molecular flexibility index (Phi) is 3.09. The van der Waals surface area contributed by atoms with Gasteiger partial charge >= 0.3 is 0 Å². The average Bonchev–Trinajstić information content (AvgIpc) is 2.10. The summed E-state index contributed by atoms with van der Waals surface area (Å²) in [5.41, 5.74) is 0. The van der Waals surface area contributed by atoms with E-state index in [0.717, 1.165) is 29.6 Å². The molecule has 2 heteroatoms. The molecule has 0 amide bonds. The van der Waals surface area contributed by atoms with Crippen LogP contribution in [0.3, 0.4) is 0 Å². The van der Waals surface area contributed by atoms with Gasteiger partial charge in [0.05, 0.1) is 0 Å². The monoisotopic (exact) mass is 215 g/mol. The Balaban J connectivity index is 0.000000750. The van der Waals surface area contributed by atoms with Crippen LogP contribution in [0.25, 0.3) is 0 Å². The second-order valence-corrected chi connectivity index (χ2v) is 5.65. The van der Waals surface area contributed by atoms with Gasteiger partial charge in [-0.2, -0.15) is 0 Å². The first-order valence-electron chi connectivity index (χ1n) is 6.01. The maximum Gasteiger partial charge on any atom is -0.00182 e. The molecule has 0 aromatic rings. The first-order valence-corrected chi connectivity index (χ1v) is 6.01. The molecule has 1 N–H and O–H groups in total. The third-order valence-electron chi connectivity index (χ3n) is 4.86. The zero-order chi connectivity index (χ0) is 8.84. The van der Waals surface area contributed by atoms with E-state index < -0.39 is 0 Å². The highest BCUT2D eigenvalue weighted by molar-refractivity contribution is 5.85. The number of nitrogens with one attached hydrogen (secondary N) is 1. The Morgan fingerprint density at radius 2 is 1.43 bits per heavy atom. The molecule has 0 unspecified atom stereocenters. The standard InChI is InChI=1S/C12H21N.ClH/c1-13-7-12-10-3-8-2-9(5-10)6-11(12)4-8;/h8-13H,2-7H2,1H3;1H. The van der Waals surface area contributed by atoms with Crippen LogP contribution in [0.15, 0.2) is 0 Å². The number of halogens is 1. The maximum absolute atomic E-state index is 3.40. The lowest BCUT2D eigenvalue weighted by atomic mass is 9.52. The highest BCUT2D eigenvalue weighted by Gasteiger charge is 2.47. The minimum atomic E-state index is 0. The van der Waals surface area contributed by atoms with Crippen molar-refractivity contribution in [2.24, 2.45) is 29.6 Å². The molecular formula is C12H22ClN. The molecule has 4 saturated carbocycles. The molecule has 14 heavy (non-hydrogen) atoms. The molecule has 4 fully saturated rings. The van der Waals surface area contributed by atoms with Crippen molar-refractivity contribution in [2.75, 3.05) is 13.6 Å². The van der Waals surface area contributed by atoms with Gasteiger partial charge in [0.1, 0.15) is 0 Å².